The Bertz CT molecular complexity index is 680. The molecule has 8 heteroatoms. The molecule has 1 aromatic heterocycles. The van der Waals surface area contributed by atoms with Gasteiger partial charge in [-0.05, 0) is 27.7 Å². The summed E-state index contributed by atoms with van der Waals surface area (Å²) < 4.78 is 37.6. The van der Waals surface area contributed by atoms with Crippen molar-refractivity contribution in [2.24, 2.45) is 0 Å². The molecule has 22 heavy (non-hydrogen) atoms. The highest BCUT2D eigenvalue weighted by molar-refractivity contribution is 7.89. The van der Waals surface area contributed by atoms with Crippen LogP contribution in [0.4, 0.5) is 0 Å². The zero-order valence-electron chi connectivity index (χ0n) is 13.5. The summed E-state index contributed by atoms with van der Waals surface area (Å²) in [5.41, 5.74) is -0.0154. The highest BCUT2D eigenvalue weighted by atomic mass is 32.2. The van der Waals surface area contributed by atoms with Crippen LogP contribution in [0.3, 0.4) is 0 Å². The number of esters is 1. The molecule has 2 heterocycles. The Hall–Kier alpha value is -1.38. The third-order valence-electron chi connectivity index (χ3n) is 4.14. The van der Waals surface area contributed by atoms with Crippen molar-refractivity contribution in [1.29, 1.82) is 0 Å². The number of furan rings is 1. The first kappa shape index (κ1) is 17.0. The molecule has 0 aromatic carbocycles. The monoisotopic (exact) mass is 330 g/mol. The molecule has 0 bridgehead atoms. The molecule has 1 N–H and O–H groups in total. The predicted octanol–water partition coefficient (Wildman–Crippen LogP) is 1.05. The maximum Gasteiger partial charge on any atom is 0.342 e. The lowest BCUT2D eigenvalue weighted by Gasteiger charge is -2.37. The van der Waals surface area contributed by atoms with Crippen LogP contribution in [-0.4, -0.2) is 51.0 Å². The van der Waals surface area contributed by atoms with E-state index in [1.807, 2.05) is 13.8 Å². The van der Waals surface area contributed by atoms with Gasteiger partial charge in [0.1, 0.15) is 22.0 Å². The first-order valence-electron chi connectivity index (χ1n) is 7.15. The smallest absolute Gasteiger partial charge is 0.342 e. The number of methoxy groups -OCH3 is 1. The van der Waals surface area contributed by atoms with Gasteiger partial charge >= 0.3 is 5.97 Å². The maximum absolute atomic E-state index is 13.0. The van der Waals surface area contributed by atoms with Crippen LogP contribution in [0.5, 0.6) is 0 Å². The van der Waals surface area contributed by atoms with E-state index in [1.165, 1.54) is 11.4 Å². The van der Waals surface area contributed by atoms with Crippen molar-refractivity contribution >= 4 is 16.0 Å². The van der Waals surface area contributed by atoms with Crippen LogP contribution in [0.1, 0.15) is 35.7 Å². The summed E-state index contributed by atoms with van der Waals surface area (Å²) in [7, 11) is -2.62. The van der Waals surface area contributed by atoms with Crippen LogP contribution in [0, 0.1) is 13.8 Å². The van der Waals surface area contributed by atoms with E-state index in [9.17, 15) is 13.2 Å². The maximum atomic E-state index is 13.0. The number of carbonyl (C=O) groups excluding carboxylic acids is 1. The Morgan fingerprint density at radius 1 is 1.32 bits per heavy atom. The molecule has 2 unspecified atom stereocenters. The van der Waals surface area contributed by atoms with E-state index in [0.29, 0.717) is 13.1 Å². The van der Waals surface area contributed by atoms with Gasteiger partial charge in [-0.1, -0.05) is 0 Å². The second-order valence-electron chi connectivity index (χ2n) is 5.51. The number of ether oxygens (including phenoxy) is 1. The van der Waals surface area contributed by atoms with E-state index < -0.39 is 16.0 Å². The fourth-order valence-electron chi connectivity index (χ4n) is 2.79. The Kier molecular flexibility index (Phi) is 4.65. The minimum atomic E-state index is -3.84. The van der Waals surface area contributed by atoms with Crippen LogP contribution in [-0.2, 0) is 14.8 Å². The number of piperazine rings is 1. The summed E-state index contributed by atoms with van der Waals surface area (Å²) in [4.78, 5) is 11.9. The lowest BCUT2D eigenvalue weighted by atomic mass is 10.1. The highest BCUT2D eigenvalue weighted by Gasteiger charge is 2.40. The third kappa shape index (κ3) is 2.66. The summed E-state index contributed by atoms with van der Waals surface area (Å²) in [5.74, 6) is -0.251. The van der Waals surface area contributed by atoms with E-state index >= 15 is 0 Å². The molecule has 0 amide bonds. The zero-order valence-corrected chi connectivity index (χ0v) is 14.3. The SMILES string of the molecule is COC(=O)c1c(C)oc(C)c1S(=O)(=O)N1CCNC(C)C1C. The fourth-order valence-corrected chi connectivity index (χ4v) is 4.87. The summed E-state index contributed by atoms with van der Waals surface area (Å²) in [5, 5.41) is 3.23. The Balaban J connectivity index is 2.57. The number of hydrogen-bond donors (Lipinski definition) is 1. The molecule has 0 saturated carbocycles. The van der Waals surface area contributed by atoms with Crippen molar-refractivity contribution in [3.05, 3.63) is 17.1 Å². The predicted molar refractivity (Wildman–Crippen MR) is 80.3 cm³/mol. The van der Waals surface area contributed by atoms with Crippen molar-refractivity contribution in [3.63, 3.8) is 0 Å². The molecule has 2 rings (SSSR count). The van der Waals surface area contributed by atoms with E-state index in [-0.39, 0.29) is 34.1 Å². The standard InChI is InChI=1S/C14H22N2O5S/c1-8-9(2)16(7-6-15-8)22(18,19)13-11(4)21-10(3)12(13)14(17)20-5/h8-9,15H,6-7H2,1-5H3. The van der Waals surface area contributed by atoms with Gasteiger partial charge in [0.25, 0.3) is 0 Å². The Morgan fingerprint density at radius 3 is 2.55 bits per heavy atom. The molecule has 0 aliphatic carbocycles. The first-order chi connectivity index (χ1) is 10.2. The van der Waals surface area contributed by atoms with Crippen LogP contribution in [0.2, 0.25) is 0 Å². The van der Waals surface area contributed by atoms with Crippen molar-refractivity contribution in [2.75, 3.05) is 20.2 Å². The topological polar surface area (TPSA) is 88.8 Å². The molecule has 1 aliphatic heterocycles. The van der Waals surface area contributed by atoms with Crippen molar-refractivity contribution in [2.45, 2.75) is 44.7 Å². The van der Waals surface area contributed by atoms with Crippen LogP contribution in [0.15, 0.2) is 9.31 Å². The van der Waals surface area contributed by atoms with Gasteiger partial charge in [-0.2, -0.15) is 4.31 Å². The fraction of sp³-hybridized carbons (Fsp3) is 0.643. The van der Waals surface area contributed by atoms with Crippen LogP contribution >= 0.6 is 0 Å². The molecule has 0 spiro atoms. The van der Waals surface area contributed by atoms with Gasteiger partial charge in [0.2, 0.25) is 10.0 Å². The van der Waals surface area contributed by atoms with Gasteiger partial charge in [0.05, 0.1) is 7.11 Å². The van der Waals surface area contributed by atoms with Crippen LogP contribution in [0.25, 0.3) is 0 Å². The first-order valence-corrected chi connectivity index (χ1v) is 8.59. The Morgan fingerprint density at radius 2 is 1.95 bits per heavy atom. The van der Waals surface area contributed by atoms with Crippen molar-refractivity contribution in [1.82, 2.24) is 9.62 Å². The molecule has 1 aromatic rings. The number of sulfonamides is 1. The zero-order chi connectivity index (χ0) is 16.7. The lowest BCUT2D eigenvalue weighted by Crippen LogP contribution is -2.57. The second-order valence-corrected chi connectivity index (χ2v) is 7.34. The summed E-state index contributed by atoms with van der Waals surface area (Å²) in [6.45, 7) is 7.78. The summed E-state index contributed by atoms with van der Waals surface area (Å²) in [6, 6.07) is -0.197. The van der Waals surface area contributed by atoms with Gasteiger partial charge < -0.3 is 14.5 Å². The van der Waals surface area contributed by atoms with E-state index in [1.54, 1.807) is 13.8 Å². The highest BCUT2D eigenvalue weighted by Crippen LogP contribution is 2.31. The van der Waals surface area contributed by atoms with Gasteiger partial charge in [-0.3, -0.25) is 0 Å². The van der Waals surface area contributed by atoms with E-state index in [2.05, 4.69) is 5.32 Å². The Labute approximate surface area is 130 Å². The molecule has 1 aliphatic rings. The largest absolute Gasteiger partial charge is 0.465 e. The normalized spacial score (nSPS) is 23.5. The molecule has 7 nitrogen and oxygen atoms in total. The number of hydrogen-bond acceptors (Lipinski definition) is 6. The van der Waals surface area contributed by atoms with Gasteiger partial charge in [-0.25, -0.2) is 13.2 Å². The van der Waals surface area contributed by atoms with Crippen molar-refractivity contribution in [3.8, 4) is 0 Å². The number of carbonyl (C=O) groups is 1. The van der Waals surface area contributed by atoms with Gasteiger partial charge in [0, 0.05) is 25.2 Å². The van der Waals surface area contributed by atoms with E-state index in [4.69, 9.17) is 9.15 Å². The quantitative estimate of drug-likeness (QED) is 0.834. The van der Waals surface area contributed by atoms with Gasteiger partial charge in [0.15, 0.2) is 0 Å². The molecular formula is C14H22N2O5S. The molecule has 124 valence electrons. The molecule has 1 fully saturated rings. The minimum Gasteiger partial charge on any atom is -0.465 e. The molecular weight excluding hydrogens is 308 g/mol. The number of nitrogens with one attached hydrogen (secondary N) is 1. The van der Waals surface area contributed by atoms with E-state index in [0.717, 1.165) is 0 Å². The number of rotatable bonds is 3. The number of nitrogens with zero attached hydrogens (tertiary/aromatic N) is 1. The lowest BCUT2D eigenvalue weighted by molar-refractivity contribution is 0.0594. The van der Waals surface area contributed by atoms with Gasteiger partial charge in [-0.15, -0.1) is 0 Å². The molecule has 0 radical (unpaired) electrons. The summed E-state index contributed by atoms with van der Waals surface area (Å²) >= 11 is 0. The van der Waals surface area contributed by atoms with Crippen molar-refractivity contribution < 1.29 is 22.4 Å². The third-order valence-corrected chi connectivity index (χ3v) is 6.28. The van der Waals surface area contributed by atoms with Crippen LogP contribution < -0.4 is 5.32 Å². The second kappa shape index (κ2) is 6.02. The minimum absolute atomic E-state index is 0.0154. The molecule has 1 saturated heterocycles. The average Bonchev–Trinajstić information content (AvgIpc) is 2.76. The summed E-state index contributed by atoms with van der Waals surface area (Å²) in [6.07, 6.45) is 0. The molecule has 2 atom stereocenters. The average molecular weight is 330 g/mol. The number of aryl methyl sites for hydroxylation is 2.